The molecule has 0 fully saturated rings. The molecule has 0 unspecified atom stereocenters. The maximum absolute atomic E-state index is 4.42. The van der Waals surface area contributed by atoms with Gasteiger partial charge in [0.15, 0.2) is 0 Å². The van der Waals surface area contributed by atoms with E-state index in [2.05, 4.69) is 26.6 Å². The summed E-state index contributed by atoms with van der Waals surface area (Å²) >= 11 is 0. The Morgan fingerprint density at radius 3 is 2.83 bits per heavy atom. The molecule has 5 heteroatoms. The summed E-state index contributed by atoms with van der Waals surface area (Å²) in [5.41, 5.74) is 3.76. The normalized spacial score (nSPS) is 11.3. The molecule has 0 spiro atoms. The van der Waals surface area contributed by atoms with Gasteiger partial charge in [0.2, 0.25) is 0 Å². The van der Waals surface area contributed by atoms with Crippen molar-refractivity contribution < 1.29 is 0 Å². The molecule has 1 N–H and O–H groups in total. The maximum atomic E-state index is 4.42. The number of hydrogen-bond acceptors (Lipinski definition) is 3. The summed E-state index contributed by atoms with van der Waals surface area (Å²) < 4.78 is 1.91. The topological polar surface area (TPSA) is 59.4 Å². The lowest BCUT2D eigenvalue weighted by Gasteiger charge is -2.02. The first kappa shape index (κ1) is 9.35. The van der Waals surface area contributed by atoms with Crippen LogP contribution in [-0.4, -0.2) is 25.2 Å². The summed E-state index contributed by atoms with van der Waals surface area (Å²) in [5, 5.41) is 16.3. The molecule has 0 aliphatic heterocycles. The molecule has 0 aliphatic carbocycles. The number of fused-ring (bicyclic) bond motifs is 2. The van der Waals surface area contributed by atoms with Crippen molar-refractivity contribution in [2.45, 2.75) is 0 Å². The van der Waals surface area contributed by atoms with Gasteiger partial charge in [-0.05, 0) is 24.3 Å². The average Bonchev–Trinajstić information content (AvgIpc) is 3.04. The number of aromatic amines is 1. The molecule has 0 atom stereocenters. The number of nitrogens with zero attached hydrogens (tertiary/aromatic N) is 4. The molecule has 18 heavy (non-hydrogen) atoms. The number of rotatable bonds is 1. The smallest absolute Gasteiger partial charge is 0.115 e. The molecule has 0 aliphatic rings. The monoisotopic (exact) mass is 235 g/mol. The molecule has 2 aromatic heterocycles. The number of benzene rings is 2. The van der Waals surface area contributed by atoms with Crippen molar-refractivity contribution in [3.63, 3.8) is 0 Å². The fourth-order valence-electron chi connectivity index (χ4n) is 2.14. The summed E-state index contributed by atoms with van der Waals surface area (Å²) in [6.45, 7) is 0. The summed E-state index contributed by atoms with van der Waals surface area (Å²) in [7, 11) is 0. The Kier molecular flexibility index (Phi) is 1.77. The SMILES string of the molecule is c1ccc2c(c1)cnn2-c1ccc2n[nH]nc2c1. The van der Waals surface area contributed by atoms with Gasteiger partial charge >= 0.3 is 0 Å². The van der Waals surface area contributed by atoms with E-state index in [0.29, 0.717) is 0 Å². The van der Waals surface area contributed by atoms with Gasteiger partial charge in [-0.15, -0.1) is 0 Å². The van der Waals surface area contributed by atoms with Crippen LogP contribution in [0.4, 0.5) is 0 Å². The lowest BCUT2D eigenvalue weighted by atomic mass is 10.2. The van der Waals surface area contributed by atoms with E-state index in [0.717, 1.165) is 27.6 Å². The average molecular weight is 235 g/mol. The van der Waals surface area contributed by atoms with Crippen LogP contribution >= 0.6 is 0 Å². The predicted molar refractivity (Wildman–Crippen MR) is 68.5 cm³/mol. The van der Waals surface area contributed by atoms with E-state index in [1.165, 1.54) is 0 Å². The zero-order chi connectivity index (χ0) is 11.9. The van der Waals surface area contributed by atoms with Crippen LogP contribution in [0.3, 0.4) is 0 Å². The highest BCUT2D eigenvalue weighted by atomic mass is 15.3. The molecule has 0 saturated carbocycles. The van der Waals surface area contributed by atoms with Crippen LogP contribution in [0.15, 0.2) is 48.7 Å². The highest BCUT2D eigenvalue weighted by Crippen LogP contribution is 2.20. The summed E-state index contributed by atoms with van der Waals surface area (Å²) in [4.78, 5) is 0. The van der Waals surface area contributed by atoms with Crippen molar-refractivity contribution in [1.82, 2.24) is 25.2 Å². The van der Waals surface area contributed by atoms with E-state index in [-0.39, 0.29) is 0 Å². The van der Waals surface area contributed by atoms with Crippen LogP contribution < -0.4 is 0 Å². The van der Waals surface area contributed by atoms with E-state index >= 15 is 0 Å². The Labute approximate surface area is 102 Å². The van der Waals surface area contributed by atoms with Crippen molar-refractivity contribution >= 4 is 21.9 Å². The molecule has 4 rings (SSSR count). The summed E-state index contributed by atoms with van der Waals surface area (Å²) in [6.07, 6.45) is 1.86. The third-order valence-corrected chi connectivity index (χ3v) is 3.02. The quantitative estimate of drug-likeness (QED) is 0.550. The highest BCUT2D eigenvalue weighted by molar-refractivity contribution is 5.82. The Hall–Kier alpha value is -2.69. The third kappa shape index (κ3) is 1.24. The molecular formula is C13H9N5. The van der Waals surface area contributed by atoms with Crippen molar-refractivity contribution in [1.29, 1.82) is 0 Å². The zero-order valence-corrected chi connectivity index (χ0v) is 9.41. The fraction of sp³-hybridized carbons (Fsp3) is 0. The Morgan fingerprint density at radius 1 is 0.944 bits per heavy atom. The molecule has 86 valence electrons. The van der Waals surface area contributed by atoms with Gasteiger partial charge in [0, 0.05) is 5.39 Å². The largest absolute Gasteiger partial charge is 0.233 e. The predicted octanol–water partition coefficient (Wildman–Crippen LogP) is 2.30. The van der Waals surface area contributed by atoms with E-state index in [1.807, 2.05) is 47.3 Å². The van der Waals surface area contributed by atoms with Gasteiger partial charge in [-0.2, -0.15) is 20.5 Å². The first-order valence-electron chi connectivity index (χ1n) is 5.65. The van der Waals surface area contributed by atoms with Gasteiger partial charge in [0.05, 0.1) is 17.4 Å². The number of hydrogen-bond donors (Lipinski definition) is 1. The fourth-order valence-corrected chi connectivity index (χ4v) is 2.14. The maximum Gasteiger partial charge on any atom is 0.115 e. The number of aromatic nitrogens is 5. The van der Waals surface area contributed by atoms with Crippen LogP contribution in [0, 0.1) is 0 Å². The van der Waals surface area contributed by atoms with Crippen LogP contribution in [0.1, 0.15) is 0 Å². The Morgan fingerprint density at radius 2 is 1.83 bits per heavy atom. The van der Waals surface area contributed by atoms with Crippen molar-refractivity contribution in [3.05, 3.63) is 48.7 Å². The zero-order valence-electron chi connectivity index (χ0n) is 9.41. The molecule has 0 radical (unpaired) electrons. The molecule has 5 nitrogen and oxygen atoms in total. The second-order valence-corrected chi connectivity index (χ2v) is 4.11. The number of nitrogens with one attached hydrogen (secondary N) is 1. The molecule has 0 amide bonds. The van der Waals surface area contributed by atoms with Crippen LogP contribution in [0.2, 0.25) is 0 Å². The molecule has 2 aromatic carbocycles. The van der Waals surface area contributed by atoms with Gasteiger partial charge in [0.25, 0.3) is 0 Å². The summed E-state index contributed by atoms with van der Waals surface area (Å²) in [6, 6.07) is 14.0. The van der Waals surface area contributed by atoms with E-state index in [1.54, 1.807) is 0 Å². The highest BCUT2D eigenvalue weighted by Gasteiger charge is 2.06. The standard InChI is InChI=1S/C13H9N5/c1-2-4-13-9(3-1)8-14-18(13)10-5-6-11-12(7-10)16-17-15-11/h1-8H,(H,15,16,17). The lowest BCUT2D eigenvalue weighted by Crippen LogP contribution is -1.95. The van der Waals surface area contributed by atoms with Crippen LogP contribution in [0.25, 0.3) is 27.6 Å². The molecule has 4 aromatic rings. The second kappa shape index (κ2) is 3.40. The lowest BCUT2D eigenvalue weighted by molar-refractivity contribution is 0.911. The summed E-state index contributed by atoms with van der Waals surface area (Å²) in [5.74, 6) is 0. The van der Waals surface area contributed by atoms with Crippen LogP contribution in [-0.2, 0) is 0 Å². The second-order valence-electron chi connectivity index (χ2n) is 4.11. The first-order chi connectivity index (χ1) is 8.92. The minimum absolute atomic E-state index is 0.840. The van der Waals surface area contributed by atoms with Crippen LogP contribution in [0.5, 0.6) is 0 Å². The number of para-hydroxylation sites is 1. The van der Waals surface area contributed by atoms with Gasteiger partial charge in [-0.25, -0.2) is 4.68 Å². The Bertz CT molecular complexity index is 842. The van der Waals surface area contributed by atoms with Gasteiger partial charge in [-0.3, -0.25) is 0 Å². The van der Waals surface area contributed by atoms with E-state index < -0.39 is 0 Å². The molecule has 0 saturated heterocycles. The third-order valence-electron chi connectivity index (χ3n) is 3.02. The first-order valence-corrected chi connectivity index (χ1v) is 5.65. The van der Waals surface area contributed by atoms with Gasteiger partial charge in [-0.1, -0.05) is 18.2 Å². The minimum Gasteiger partial charge on any atom is -0.233 e. The molecule has 0 bridgehead atoms. The van der Waals surface area contributed by atoms with E-state index in [4.69, 9.17) is 0 Å². The van der Waals surface area contributed by atoms with Gasteiger partial charge in [0.1, 0.15) is 11.0 Å². The minimum atomic E-state index is 0.840. The Balaban J connectivity index is 2.00. The number of H-pyrrole nitrogens is 1. The van der Waals surface area contributed by atoms with E-state index in [9.17, 15) is 0 Å². The van der Waals surface area contributed by atoms with Gasteiger partial charge < -0.3 is 0 Å². The molecular weight excluding hydrogens is 226 g/mol. The molecule has 2 heterocycles. The van der Waals surface area contributed by atoms with Crippen molar-refractivity contribution in [2.24, 2.45) is 0 Å². The van der Waals surface area contributed by atoms with Crippen molar-refractivity contribution in [3.8, 4) is 5.69 Å². The van der Waals surface area contributed by atoms with Crippen molar-refractivity contribution in [2.75, 3.05) is 0 Å².